The fourth-order valence-electron chi connectivity index (χ4n) is 2.58. The molecule has 0 aromatic carbocycles. The fraction of sp³-hybridized carbons (Fsp3) is 0.583. The van der Waals surface area contributed by atoms with Gasteiger partial charge in [-0.25, -0.2) is 4.98 Å². The Bertz CT molecular complexity index is 571. The maximum Gasteiger partial charge on any atom is 0.258 e. The number of aromatic nitrogens is 6. The summed E-state index contributed by atoms with van der Waals surface area (Å²) in [7, 11) is 0. The minimum atomic E-state index is 0.146. The molecule has 2 aromatic heterocycles. The van der Waals surface area contributed by atoms with Crippen LogP contribution in [0.2, 0.25) is 5.28 Å². The van der Waals surface area contributed by atoms with Gasteiger partial charge in [0.15, 0.2) is 0 Å². The van der Waals surface area contributed by atoms with E-state index in [0.29, 0.717) is 17.8 Å². The Morgan fingerprint density at radius 3 is 2.95 bits per heavy atom. The summed E-state index contributed by atoms with van der Waals surface area (Å²) in [6.07, 6.45) is 6.80. The summed E-state index contributed by atoms with van der Waals surface area (Å²) < 4.78 is 1.46. The predicted octanol–water partition coefficient (Wildman–Crippen LogP) is 1.95. The summed E-state index contributed by atoms with van der Waals surface area (Å²) in [6, 6.07) is 0. The van der Waals surface area contributed by atoms with Crippen LogP contribution in [0.1, 0.15) is 26.2 Å². The Balaban J connectivity index is 1.73. The normalized spacial score (nSPS) is 22.1. The standard InChI is InChI=1S/C12H16ClN7/c1-8-3-2-4-9(8)5-15-11-17-10(13)18-12(19-11)20-7-14-6-16-20/h6-9H,2-5H2,1H3,(H,15,17,18,19). The molecule has 1 aliphatic rings. The average molecular weight is 294 g/mol. The Labute approximate surface area is 121 Å². The first-order chi connectivity index (χ1) is 9.72. The molecule has 106 valence electrons. The summed E-state index contributed by atoms with van der Waals surface area (Å²) in [5.74, 6) is 2.26. The van der Waals surface area contributed by atoms with E-state index in [9.17, 15) is 0 Å². The lowest BCUT2D eigenvalue weighted by atomic mass is 9.98. The average Bonchev–Trinajstić information content (AvgIpc) is 3.07. The van der Waals surface area contributed by atoms with E-state index in [1.807, 2.05) is 0 Å². The molecule has 0 amide bonds. The number of anilines is 1. The Morgan fingerprint density at radius 2 is 2.25 bits per heavy atom. The van der Waals surface area contributed by atoms with Crippen molar-refractivity contribution < 1.29 is 0 Å². The van der Waals surface area contributed by atoms with Crippen LogP contribution in [0.25, 0.3) is 5.95 Å². The second-order valence-electron chi connectivity index (χ2n) is 5.12. The number of nitrogens with one attached hydrogen (secondary N) is 1. The minimum Gasteiger partial charge on any atom is -0.354 e. The number of nitrogens with zero attached hydrogens (tertiary/aromatic N) is 6. The van der Waals surface area contributed by atoms with Gasteiger partial charge in [-0.2, -0.15) is 24.7 Å². The minimum absolute atomic E-state index is 0.146. The van der Waals surface area contributed by atoms with Crippen molar-refractivity contribution in [3.8, 4) is 5.95 Å². The number of halogens is 1. The zero-order chi connectivity index (χ0) is 13.9. The van der Waals surface area contributed by atoms with Crippen molar-refractivity contribution in [3.63, 3.8) is 0 Å². The molecule has 2 unspecified atom stereocenters. The zero-order valence-corrected chi connectivity index (χ0v) is 12.0. The maximum absolute atomic E-state index is 5.93. The van der Waals surface area contributed by atoms with Crippen LogP contribution < -0.4 is 5.32 Å². The van der Waals surface area contributed by atoms with Crippen molar-refractivity contribution in [2.45, 2.75) is 26.2 Å². The van der Waals surface area contributed by atoms with Crippen molar-refractivity contribution in [2.75, 3.05) is 11.9 Å². The molecule has 3 rings (SSSR count). The molecule has 7 nitrogen and oxygen atoms in total. The van der Waals surface area contributed by atoms with Crippen molar-refractivity contribution in [1.29, 1.82) is 0 Å². The zero-order valence-electron chi connectivity index (χ0n) is 11.2. The van der Waals surface area contributed by atoms with E-state index in [4.69, 9.17) is 11.6 Å². The van der Waals surface area contributed by atoms with Crippen molar-refractivity contribution in [1.82, 2.24) is 29.7 Å². The van der Waals surface area contributed by atoms with E-state index >= 15 is 0 Å². The number of hydrogen-bond donors (Lipinski definition) is 1. The molecule has 0 radical (unpaired) electrons. The molecule has 2 heterocycles. The highest BCUT2D eigenvalue weighted by atomic mass is 35.5. The lowest BCUT2D eigenvalue weighted by molar-refractivity contribution is 0.439. The van der Waals surface area contributed by atoms with Crippen LogP contribution >= 0.6 is 11.6 Å². The number of rotatable bonds is 4. The SMILES string of the molecule is CC1CCCC1CNc1nc(Cl)nc(-n2cncn2)n1. The summed E-state index contributed by atoms with van der Waals surface area (Å²) in [4.78, 5) is 16.3. The van der Waals surface area contributed by atoms with E-state index < -0.39 is 0 Å². The first-order valence-electron chi connectivity index (χ1n) is 6.73. The summed E-state index contributed by atoms with van der Waals surface area (Å²) in [5, 5.41) is 7.38. The Morgan fingerprint density at radius 1 is 1.35 bits per heavy atom. The second kappa shape index (κ2) is 5.70. The third-order valence-corrected chi connectivity index (χ3v) is 3.95. The third-order valence-electron chi connectivity index (χ3n) is 3.78. The fourth-order valence-corrected chi connectivity index (χ4v) is 2.74. The van der Waals surface area contributed by atoms with Gasteiger partial charge in [0.05, 0.1) is 0 Å². The van der Waals surface area contributed by atoms with Gasteiger partial charge in [-0.1, -0.05) is 19.8 Å². The highest BCUT2D eigenvalue weighted by Gasteiger charge is 2.23. The van der Waals surface area contributed by atoms with Crippen molar-refractivity contribution in [3.05, 3.63) is 17.9 Å². The van der Waals surface area contributed by atoms with Gasteiger partial charge in [0.1, 0.15) is 12.7 Å². The van der Waals surface area contributed by atoms with E-state index in [2.05, 4.69) is 37.3 Å². The van der Waals surface area contributed by atoms with Crippen molar-refractivity contribution >= 4 is 17.5 Å². The highest BCUT2D eigenvalue weighted by molar-refractivity contribution is 6.28. The molecular weight excluding hydrogens is 278 g/mol. The lowest BCUT2D eigenvalue weighted by Gasteiger charge is -2.15. The number of hydrogen-bond acceptors (Lipinski definition) is 6. The van der Waals surface area contributed by atoms with Crippen molar-refractivity contribution in [2.24, 2.45) is 11.8 Å². The predicted molar refractivity (Wildman–Crippen MR) is 74.7 cm³/mol. The van der Waals surface area contributed by atoms with Gasteiger partial charge in [-0.05, 0) is 29.9 Å². The van der Waals surface area contributed by atoms with E-state index in [-0.39, 0.29) is 5.28 Å². The van der Waals surface area contributed by atoms with Gasteiger partial charge in [0.2, 0.25) is 11.2 Å². The molecular formula is C12H16ClN7. The monoisotopic (exact) mass is 293 g/mol. The first-order valence-corrected chi connectivity index (χ1v) is 7.10. The van der Waals surface area contributed by atoms with Crippen LogP contribution in [-0.2, 0) is 0 Å². The van der Waals surface area contributed by atoms with E-state index in [1.54, 1.807) is 0 Å². The Hall–Kier alpha value is -1.76. The summed E-state index contributed by atoms with van der Waals surface area (Å²) in [6.45, 7) is 3.15. The van der Waals surface area contributed by atoms with Crippen LogP contribution in [0.3, 0.4) is 0 Å². The molecule has 0 spiro atoms. The first kappa shape index (κ1) is 13.2. The van der Waals surface area contributed by atoms with E-state index in [1.165, 1.54) is 36.6 Å². The molecule has 0 saturated heterocycles. The van der Waals surface area contributed by atoms with Gasteiger partial charge in [0, 0.05) is 6.54 Å². The van der Waals surface area contributed by atoms with Crippen LogP contribution in [0.15, 0.2) is 12.7 Å². The van der Waals surface area contributed by atoms with Crippen LogP contribution in [0.5, 0.6) is 0 Å². The molecule has 1 saturated carbocycles. The van der Waals surface area contributed by atoms with Gasteiger partial charge < -0.3 is 5.32 Å². The molecule has 1 aliphatic carbocycles. The smallest absolute Gasteiger partial charge is 0.258 e. The molecule has 0 bridgehead atoms. The molecule has 2 aromatic rings. The largest absolute Gasteiger partial charge is 0.354 e. The third kappa shape index (κ3) is 2.87. The quantitative estimate of drug-likeness (QED) is 0.928. The second-order valence-corrected chi connectivity index (χ2v) is 5.46. The van der Waals surface area contributed by atoms with Crippen LogP contribution in [0, 0.1) is 11.8 Å². The molecule has 1 N–H and O–H groups in total. The maximum atomic E-state index is 5.93. The summed E-state index contributed by atoms with van der Waals surface area (Å²) >= 11 is 5.93. The lowest BCUT2D eigenvalue weighted by Crippen LogP contribution is -2.18. The summed E-state index contributed by atoms with van der Waals surface area (Å²) in [5.41, 5.74) is 0. The molecule has 1 fully saturated rings. The topological polar surface area (TPSA) is 81.4 Å². The van der Waals surface area contributed by atoms with Gasteiger partial charge in [-0.3, -0.25) is 0 Å². The Kier molecular flexibility index (Phi) is 3.77. The van der Waals surface area contributed by atoms with Crippen LogP contribution in [-0.4, -0.2) is 36.3 Å². The molecule has 2 atom stereocenters. The molecule has 20 heavy (non-hydrogen) atoms. The van der Waals surface area contributed by atoms with E-state index in [0.717, 1.165) is 12.5 Å². The van der Waals surface area contributed by atoms with Gasteiger partial charge >= 0.3 is 0 Å². The molecule has 0 aliphatic heterocycles. The highest BCUT2D eigenvalue weighted by Crippen LogP contribution is 2.31. The van der Waals surface area contributed by atoms with Gasteiger partial charge in [-0.15, -0.1) is 0 Å². The van der Waals surface area contributed by atoms with Crippen LogP contribution in [0.4, 0.5) is 5.95 Å². The molecule has 8 heteroatoms. The van der Waals surface area contributed by atoms with Gasteiger partial charge in [0.25, 0.3) is 5.95 Å².